The summed E-state index contributed by atoms with van der Waals surface area (Å²) in [4.78, 5) is 31.6. The van der Waals surface area contributed by atoms with E-state index in [1.165, 1.54) is 69.9 Å². The van der Waals surface area contributed by atoms with Crippen LogP contribution in [0.2, 0.25) is 0 Å². The summed E-state index contributed by atoms with van der Waals surface area (Å²) in [7, 11) is -9.27. The van der Waals surface area contributed by atoms with Gasteiger partial charge in [-0.25, -0.2) is 17.6 Å². The number of hydrogen-bond acceptors (Lipinski definition) is 4. The van der Waals surface area contributed by atoms with Gasteiger partial charge in [0.1, 0.15) is 5.82 Å². The Hall–Kier alpha value is -2.96. The SMILES string of the molecule is CS(=O)(=O)c1ccc(-c2cn(Cc3cccc(F)c3)c(=O)n2Cc2ccc(C(F)(F)P(=O)(O)O)c(Br)c2)cc1. The Morgan fingerprint density at radius 3 is 2.18 bits per heavy atom. The van der Waals surface area contributed by atoms with Crippen molar-refractivity contribution in [2.24, 2.45) is 0 Å². The zero-order valence-electron chi connectivity index (χ0n) is 20.1. The van der Waals surface area contributed by atoms with E-state index in [0.717, 1.165) is 12.3 Å². The Morgan fingerprint density at radius 1 is 0.974 bits per heavy atom. The van der Waals surface area contributed by atoms with Crippen LogP contribution in [0.1, 0.15) is 16.7 Å². The number of nitrogens with zero attached hydrogens (tertiary/aromatic N) is 2. The summed E-state index contributed by atoms with van der Waals surface area (Å²) < 4.78 is 79.7. The van der Waals surface area contributed by atoms with Crippen LogP contribution in [0.3, 0.4) is 0 Å². The molecule has 0 amide bonds. The van der Waals surface area contributed by atoms with Gasteiger partial charge in [0.05, 0.1) is 23.7 Å². The minimum Gasteiger partial charge on any atom is -0.320 e. The van der Waals surface area contributed by atoms with Crippen molar-refractivity contribution in [3.8, 4) is 11.3 Å². The number of sulfone groups is 1. The van der Waals surface area contributed by atoms with Crippen molar-refractivity contribution < 1.29 is 35.9 Å². The number of imidazole rings is 1. The van der Waals surface area contributed by atoms with Crippen molar-refractivity contribution >= 4 is 33.4 Å². The summed E-state index contributed by atoms with van der Waals surface area (Å²) in [5, 5.41) is 0. The van der Waals surface area contributed by atoms with Crippen LogP contribution >= 0.6 is 23.5 Å². The Kier molecular flexibility index (Phi) is 7.85. The molecule has 0 saturated carbocycles. The van der Waals surface area contributed by atoms with Gasteiger partial charge in [-0.05, 0) is 47.0 Å². The second-order valence-electron chi connectivity index (χ2n) is 8.84. The Labute approximate surface area is 229 Å². The molecule has 0 aliphatic rings. The van der Waals surface area contributed by atoms with Crippen LogP contribution in [0.5, 0.6) is 0 Å². The summed E-state index contributed by atoms with van der Waals surface area (Å²) in [6.45, 7) is -0.104. The summed E-state index contributed by atoms with van der Waals surface area (Å²) in [5.41, 5.74) is -4.12. The maximum absolute atomic E-state index is 14.3. The first kappa shape index (κ1) is 29.0. The Balaban J connectivity index is 1.79. The van der Waals surface area contributed by atoms with E-state index in [1.807, 2.05) is 0 Å². The molecule has 0 spiro atoms. The van der Waals surface area contributed by atoms with E-state index < -0.39 is 40.2 Å². The molecule has 0 aliphatic carbocycles. The maximum Gasteiger partial charge on any atom is 0.399 e. The monoisotopic (exact) mass is 644 g/mol. The molecule has 0 atom stereocenters. The molecule has 0 aliphatic heterocycles. The molecule has 4 aromatic rings. The maximum atomic E-state index is 14.3. The van der Waals surface area contributed by atoms with E-state index in [4.69, 9.17) is 9.79 Å². The van der Waals surface area contributed by atoms with Gasteiger partial charge in [-0.2, -0.15) is 8.78 Å². The van der Waals surface area contributed by atoms with E-state index in [-0.39, 0.29) is 22.5 Å². The smallest absolute Gasteiger partial charge is 0.320 e. The van der Waals surface area contributed by atoms with Crippen LogP contribution in [0.4, 0.5) is 13.2 Å². The van der Waals surface area contributed by atoms with Crippen LogP contribution in [0, 0.1) is 5.82 Å². The van der Waals surface area contributed by atoms with Crippen molar-refractivity contribution in [1.29, 1.82) is 0 Å². The third kappa shape index (κ3) is 6.12. The van der Waals surface area contributed by atoms with Gasteiger partial charge in [-0.3, -0.25) is 13.7 Å². The van der Waals surface area contributed by atoms with Gasteiger partial charge in [0, 0.05) is 22.5 Å². The van der Waals surface area contributed by atoms with E-state index in [1.54, 1.807) is 6.07 Å². The van der Waals surface area contributed by atoms with Gasteiger partial charge in [-0.15, -0.1) is 0 Å². The molecule has 2 N–H and O–H groups in total. The molecule has 39 heavy (non-hydrogen) atoms. The molecule has 0 fully saturated rings. The molecule has 0 saturated heterocycles. The van der Waals surface area contributed by atoms with Crippen molar-refractivity contribution in [3.05, 3.63) is 110 Å². The lowest BCUT2D eigenvalue weighted by molar-refractivity contribution is 0.0557. The van der Waals surface area contributed by atoms with E-state index >= 15 is 0 Å². The first-order valence-corrected chi connectivity index (χ1v) is 15.4. The number of hydrogen-bond donors (Lipinski definition) is 2. The summed E-state index contributed by atoms with van der Waals surface area (Å²) in [6.07, 6.45) is 2.58. The minimum absolute atomic E-state index is 0.0230. The lowest BCUT2D eigenvalue weighted by atomic mass is 10.1. The van der Waals surface area contributed by atoms with Gasteiger partial charge in [0.25, 0.3) is 0 Å². The highest BCUT2D eigenvalue weighted by molar-refractivity contribution is 9.10. The summed E-state index contributed by atoms with van der Waals surface area (Å²) >= 11 is 2.95. The highest BCUT2D eigenvalue weighted by Gasteiger charge is 2.51. The highest BCUT2D eigenvalue weighted by atomic mass is 79.9. The largest absolute Gasteiger partial charge is 0.399 e. The molecule has 1 heterocycles. The van der Waals surface area contributed by atoms with Gasteiger partial charge >= 0.3 is 18.9 Å². The van der Waals surface area contributed by atoms with E-state index in [2.05, 4.69) is 15.9 Å². The average molecular weight is 645 g/mol. The number of halogens is 4. The first-order valence-electron chi connectivity index (χ1n) is 11.1. The standard InChI is InChI=1S/C25H21BrF3N2O6PS/c1-39(36,37)20-8-6-18(7-9-20)23-15-30(13-16-3-2-4-19(27)11-16)24(32)31(23)14-17-5-10-21(22(26)12-17)25(28,29)38(33,34)35/h2-12,15H,13-14H2,1H3,(H2,33,34,35). The van der Waals surface area contributed by atoms with E-state index in [0.29, 0.717) is 22.4 Å². The molecule has 4 rings (SSSR count). The topological polar surface area (TPSA) is 119 Å². The fraction of sp³-hybridized carbons (Fsp3) is 0.160. The van der Waals surface area contributed by atoms with Crippen molar-refractivity contribution in [1.82, 2.24) is 9.13 Å². The first-order chi connectivity index (χ1) is 18.1. The van der Waals surface area contributed by atoms with Gasteiger partial charge in [0.2, 0.25) is 0 Å². The van der Waals surface area contributed by atoms with Crippen molar-refractivity contribution in [3.63, 3.8) is 0 Å². The van der Waals surface area contributed by atoms with Crippen LogP contribution in [-0.4, -0.2) is 33.6 Å². The van der Waals surface area contributed by atoms with E-state index in [9.17, 15) is 30.9 Å². The molecule has 0 bridgehead atoms. The van der Waals surface area contributed by atoms with Crippen LogP contribution in [0.25, 0.3) is 11.3 Å². The van der Waals surface area contributed by atoms with Crippen molar-refractivity contribution in [2.75, 3.05) is 6.26 Å². The zero-order chi connectivity index (χ0) is 28.8. The molecule has 0 unspecified atom stereocenters. The third-order valence-corrected chi connectivity index (χ3v) is 8.69. The number of aromatic nitrogens is 2. The molecule has 8 nitrogen and oxygen atoms in total. The van der Waals surface area contributed by atoms with Gasteiger partial charge < -0.3 is 9.79 Å². The van der Waals surface area contributed by atoms with Crippen LogP contribution < -0.4 is 5.69 Å². The minimum atomic E-state index is -5.80. The second kappa shape index (κ2) is 10.5. The molecule has 0 radical (unpaired) electrons. The summed E-state index contributed by atoms with van der Waals surface area (Å²) in [5.74, 6) is -0.478. The lowest BCUT2D eigenvalue weighted by Crippen LogP contribution is -2.25. The fourth-order valence-electron chi connectivity index (χ4n) is 3.97. The normalized spacial score (nSPS) is 12.6. The van der Waals surface area contributed by atoms with Gasteiger partial charge in [-0.1, -0.05) is 52.3 Å². The summed E-state index contributed by atoms with van der Waals surface area (Å²) in [6, 6.07) is 14.8. The molecular formula is C25H21BrF3N2O6PS. The molecule has 206 valence electrons. The number of benzene rings is 3. The number of rotatable bonds is 8. The van der Waals surface area contributed by atoms with Crippen LogP contribution in [0.15, 0.2) is 87.1 Å². The lowest BCUT2D eigenvalue weighted by Gasteiger charge is -2.19. The predicted molar refractivity (Wildman–Crippen MR) is 142 cm³/mol. The second-order valence-corrected chi connectivity index (χ2v) is 13.4. The Bertz CT molecular complexity index is 1770. The Morgan fingerprint density at radius 2 is 1.62 bits per heavy atom. The highest BCUT2D eigenvalue weighted by Crippen LogP contribution is 2.60. The number of alkyl halides is 2. The predicted octanol–water partition coefficient (Wildman–Crippen LogP) is 4.95. The third-order valence-electron chi connectivity index (χ3n) is 5.93. The van der Waals surface area contributed by atoms with Crippen LogP contribution in [-0.2, 0) is 33.2 Å². The fourth-order valence-corrected chi connectivity index (χ4v) is 5.94. The van der Waals surface area contributed by atoms with Gasteiger partial charge in [0.15, 0.2) is 9.84 Å². The quantitative estimate of drug-likeness (QED) is 0.262. The molecular weight excluding hydrogens is 624 g/mol. The van der Waals surface area contributed by atoms with Crippen molar-refractivity contribution in [2.45, 2.75) is 23.6 Å². The molecule has 3 aromatic carbocycles. The molecule has 1 aromatic heterocycles. The zero-order valence-corrected chi connectivity index (χ0v) is 23.4. The average Bonchev–Trinajstić information content (AvgIpc) is 3.12. The molecule has 14 heteroatoms.